The summed E-state index contributed by atoms with van der Waals surface area (Å²) in [5.41, 5.74) is 1.01. The Morgan fingerprint density at radius 2 is 1.84 bits per heavy atom. The summed E-state index contributed by atoms with van der Waals surface area (Å²) in [5.74, 6) is 1.96. The van der Waals surface area contributed by atoms with Gasteiger partial charge in [-0.15, -0.1) is 24.0 Å². The number of pyridine rings is 1. The van der Waals surface area contributed by atoms with Crippen molar-refractivity contribution in [2.24, 2.45) is 4.99 Å². The van der Waals surface area contributed by atoms with Gasteiger partial charge in [0.2, 0.25) is 10.0 Å². The molecule has 0 aliphatic rings. The van der Waals surface area contributed by atoms with Crippen LogP contribution in [0.5, 0.6) is 11.5 Å². The number of aliphatic imine (C=N–C) groups is 1. The Hall–Kier alpha value is -2.12. The topological polar surface area (TPSA) is 114 Å². The van der Waals surface area contributed by atoms with Gasteiger partial charge < -0.3 is 20.1 Å². The van der Waals surface area contributed by atoms with Crippen LogP contribution in [0.1, 0.15) is 32.4 Å². The van der Waals surface area contributed by atoms with E-state index in [4.69, 9.17) is 9.47 Å². The van der Waals surface area contributed by atoms with E-state index in [9.17, 15) is 8.42 Å². The molecule has 9 nitrogen and oxygen atoms in total. The third-order valence-corrected chi connectivity index (χ3v) is 5.74. The molecule has 0 radical (unpaired) electrons. The highest BCUT2D eigenvalue weighted by molar-refractivity contribution is 14.0. The Bertz CT molecular complexity index is 958. The molecule has 1 aromatic carbocycles. The van der Waals surface area contributed by atoms with Crippen molar-refractivity contribution in [3.8, 4) is 11.5 Å². The summed E-state index contributed by atoms with van der Waals surface area (Å²) < 4.78 is 38.3. The normalized spacial score (nSPS) is 12.4. The van der Waals surface area contributed by atoms with Crippen molar-refractivity contribution in [1.29, 1.82) is 0 Å². The molecular weight excluding hydrogens is 545 g/mol. The molecule has 1 atom stereocenters. The predicted molar refractivity (Wildman–Crippen MR) is 137 cm³/mol. The number of rotatable bonds is 11. The van der Waals surface area contributed by atoms with Crippen molar-refractivity contribution in [3.63, 3.8) is 0 Å². The summed E-state index contributed by atoms with van der Waals surface area (Å²) in [5, 5.41) is 6.39. The van der Waals surface area contributed by atoms with Crippen molar-refractivity contribution in [3.05, 3.63) is 48.3 Å². The van der Waals surface area contributed by atoms with Gasteiger partial charge in [0.15, 0.2) is 17.5 Å². The van der Waals surface area contributed by atoms with E-state index in [-0.39, 0.29) is 41.5 Å². The van der Waals surface area contributed by atoms with E-state index in [1.165, 1.54) is 18.5 Å². The zero-order valence-corrected chi connectivity index (χ0v) is 21.9. The van der Waals surface area contributed by atoms with E-state index in [0.717, 1.165) is 5.56 Å². The van der Waals surface area contributed by atoms with Crippen LogP contribution in [-0.2, 0) is 10.0 Å². The number of nitrogens with zero attached hydrogens (tertiary/aromatic N) is 2. The molecule has 0 amide bonds. The van der Waals surface area contributed by atoms with E-state index >= 15 is 0 Å². The molecule has 0 bridgehead atoms. The number of nitrogens with one attached hydrogen (secondary N) is 3. The minimum atomic E-state index is -3.59. The second-order valence-electron chi connectivity index (χ2n) is 6.52. The average molecular weight is 577 g/mol. The minimum absolute atomic E-state index is 0. The van der Waals surface area contributed by atoms with Crippen LogP contribution in [0.15, 0.2) is 52.6 Å². The van der Waals surface area contributed by atoms with Crippen molar-refractivity contribution in [1.82, 2.24) is 20.3 Å². The number of guanidine groups is 1. The van der Waals surface area contributed by atoms with Gasteiger partial charge in [-0.05, 0) is 50.6 Å². The molecule has 0 saturated carbocycles. The van der Waals surface area contributed by atoms with Crippen LogP contribution in [0.2, 0.25) is 0 Å². The van der Waals surface area contributed by atoms with Gasteiger partial charge in [-0.3, -0.25) is 9.98 Å². The monoisotopic (exact) mass is 577 g/mol. The van der Waals surface area contributed by atoms with Crippen LogP contribution in [-0.4, -0.2) is 52.7 Å². The van der Waals surface area contributed by atoms with E-state index in [1.807, 2.05) is 39.0 Å². The van der Waals surface area contributed by atoms with E-state index in [0.29, 0.717) is 37.2 Å². The second-order valence-corrected chi connectivity index (χ2v) is 8.29. The van der Waals surface area contributed by atoms with Gasteiger partial charge in [-0.2, -0.15) is 0 Å². The lowest BCUT2D eigenvalue weighted by atomic mass is 10.1. The molecule has 1 unspecified atom stereocenters. The smallest absolute Gasteiger partial charge is 0.242 e. The number of hydrogen-bond donors (Lipinski definition) is 3. The fraction of sp³-hybridized carbons (Fsp3) is 0.429. The first-order valence-corrected chi connectivity index (χ1v) is 11.7. The summed E-state index contributed by atoms with van der Waals surface area (Å²) >= 11 is 0. The first-order valence-electron chi connectivity index (χ1n) is 10.2. The lowest BCUT2D eigenvalue weighted by Gasteiger charge is -2.20. The first-order chi connectivity index (χ1) is 14.9. The van der Waals surface area contributed by atoms with Crippen LogP contribution >= 0.6 is 24.0 Å². The predicted octanol–water partition coefficient (Wildman–Crippen LogP) is 2.70. The average Bonchev–Trinajstić information content (AvgIpc) is 2.77. The molecule has 0 spiro atoms. The number of sulfonamides is 1. The molecule has 1 heterocycles. The highest BCUT2D eigenvalue weighted by Crippen LogP contribution is 2.30. The Morgan fingerprint density at radius 1 is 1.12 bits per heavy atom. The van der Waals surface area contributed by atoms with Crippen molar-refractivity contribution in [2.75, 3.05) is 33.4 Å². The third kappa shape index (κ3) is 8.43. The maximum atomic E-state index is 12.2. The van der Waals surface area contributed by atoms with Crippen LogP contribution in [0.25, 0.3) is 0 Å². The minimum Gasteiger partial charge on any atom is -0.490 e. The molecule has 178 valence electrons. The number of benzene rings is 1. The Kier molecular flexibility index (Phi) is 12.3. The molecule has 0 fully saturated rings. The first kappa shape index (κ1) is 27.9. The van der Waals surface area contributed by atoms with Gasteiger partial charge >= 0.3 is 0 Å². The summed E-state index contributed by atoms with van der Waals surface area (Å²) in [6, 6.07) is 8.83. The van der Waals surface area contributed by atoms with E-state index < -0.39 is 10.0 Å². The number of hydrogen-bond acceptors (Lipinski definition) is 6. The van der Waals surface area contributed by atoms with Gasteiger partial charge in [0, 0.05) is 32.5 Å². The lowest BCUT2D eigenvalue weighted by Crippen LogP contribution is -2.42. The van der Waals surface area contributed by atoms with Crippen LogP contribution < -0.4 is 24.8 Å². The standard InChI is InChI=1S/C21H31N5O4S.HI/c1-5-29-19-10-9-17(14-20(19)30-6-2)16(3)26-21(22-4)24-12-13-25-31(27,28)18-8-7-11-23-15-18;/h7-11,14-16,25H,5-6,12-13H2,1-4H3,(H2,22,24,26);1H. The number of halogens is 1. The van der Waals surface area contributed by atoms with Gasteiger partial charge in [-0.1, -0.05) is 6.07 Å². The Morgan fingerprint density at radius 3 is 2.47 bits per heavy atom. The third-order valence-electron chi connectivity index (χ3n) is 4.30. The maximum Gasteiger partial charge on any atom is 0.242 e. The SMILES string of the molecule is CCOc1ccc(C(C)NC(=NC)NCCNS(=O)(=O)c2cccnc2)cc1OCC.I. The van der Waals surface area contributed by atoms with Gasteiger partial charge in [0.05, 0.1) is 19.3 Å². The highest BCUT2D eigenvalue weighted by Gasteiger charge is 2.14. The second kappa shape index (κ2) is 14.1. The molecule has 1 aromatic heterocycles. The Balaban J connectivity index is 0.00000512. The summed E-state index contributed by atoms with van der Waals surface area (Å²) in [4.78, 5) is 8.17. The molecule has 2 rings (SSSR count). The molecule has 0 aliphatic heterocycles. The molecule has 3 N–H and O–H groups in total. The molecule has 2 aromatic rings. The maximum absolute atomic E-state index is 12.2. The fourth-order valence-corrected chi connectivity index (χ4v) is 3.77. The molecule has 11 heteroatoms. The zero-order valence-electron chi connectivity index (χ0n) is 18.8. The molecule has 0 aliphatic carbocycles. The van der Waals surface area contributed by atoms with Crippen LogP contribution in [0.3, 0.4) is 0 Å². The molecular formula is C21H32IN5O4S. The largest absolute Gasteiger partial charge is 0.490 e. The molecule has 0 saturated heterocycles. The summed E-state index contributed by atoms with van der Waals surface area (Å²) in [7, 11) is -1.93. The summed E-state index contributed by atoms with van der Waals surface area (Å²) in [6.07, 6.45) is 2.84. The lowest BCUT2D eigenvalue weighted by molar-refractivity contribution is 0.287. The zero-order chi connectivity index (χ0) is 22.7. The fourth-order valence-electron chi connectivity index (χ4n) is 2.78. The Labute approximate surface area is 207 Å². The van der Waals surface area contributed by atoms with E-state index in [1.54, 1.807) is 13.1 Å². The van der Waals surface area contributed by atoms with Crippen LogP contribution in [0.4, 0.5) is 0 Å². The van der Waals surface area contributed by atoms with Gasteiger partial charge in [0.25, 0.3) is 0 Å². The van der Waals surface area contributed by atoms with Crippen molar-refractivity contribution >= 4 is 40.0 Å². The quantitative estimate of drug-likeness (QED) is 0.163. The number of ether oxygens (including phenoxy) is 2. The van der Waals surface area contributed by atoms with Gasteiger partial charge in [-0.25, -0.2) is 13.1 Å². The van der Waals surface area contributed by atoms with E-state index in [2.05, 4.69) is 25.3 Å². The van der Waals surface area contributed by atoms with Gasteiger partial charge in [0.1, 0.15) is 4.90 Å². The van der Waals surface area contributed by atoms with Crippen molar-refractivity contribution < 1.29 is 17.9 Å². The highest BCUT2D eigenvalue weighted by atomic mass is 127. The number of aromatic nitrogens is 1. The van der Waals surface area contributed by atoms with Crippen molar-refractivity contribution in [2.45, 2.75) is 31.7 Å². The van der Waals surface area contributed by atoms with Crippen LogP contribution in [0, 0.1) is 0 Å². The molecule has 32 heavy (non-hydrogen) atoms. The summed E-state index contributed by atoms with van der Waals surface area (Å²) in [6.45, 7) is 7.53.